The molecule has 2 aromatic carbocycles. The highest BCUT2D eigenvalue weighted by molar-refractivity contribution is 5.93. The van der Waals surface area contributed by atoms with E-state index >= 15 is 0 Å². The summed E-state index contributed by atoms with van der Waals surface area (Å²) in [5, 5.41) is 2.82. The molecule has 1 unspecified atom stereocenters. The maximum Gasteiger partial charge on any atom is 0.225 e. The number of aryl methyl sites for hydroxylation is 1. The van der Waals surface area contributed by atoms with Gasteiger partial charge in [0.2, 0.25) is 5.91 Å². The predicted octanol–water partition coefficient (Wildman–Crippen LogP) is 5.43. The van der Waals surface area contributed by atoms with Crippen LogP contribution in [-0.4, -0.2) is 27.5 Å². The molecule has 2 N–H and O–H groups in total. The molecular formula is C28H26N4O3. The molecule has 176 valence electrons. The van der Waals surface area contributed by atoms with Crippen LogP contribution in [0.15, 0.2) is 60.9 Å². The summed E-state index contributed by atoms with van der Waals surface area (Å²) < 4.78 is 12.3. The second kappa shape index (κ2) is 8.91. The highest BCUT2D eigenvalue weighted by Gasteiger charge is 2.25. The van der Waals surface area contributed by atoms with Gasteiger partial charge in [0.25, 0.3) is 0 Å². The van der Waals surface area contributed by atoms with Gasteiger partial charge >= 0.3 is 0 Å². The first-order valence-electron chi connectivity index (χ1n) is 12.0. The van der Waals surface area contributed by atoms with Crippen molar-refractivity contribution in [2.24, 2.45) is 0 Å². The molecule has 0 saturated heterocycles. The number of rotatable bonds is 5. The van der Waals surface area contributed by atoms with Crippen molar-refractivity contribution in [3.63, 3.8) is 0 Å². The minimum Gasteiger partial charge on any atom is -0.493 e. The smallest absolute Gasteiger partial charge is 0.225 e. The molecule has 0 spiro atoms. The number of aromatic amines is 1. The van der Waals surface area contributed by atoms with Crippen LogP contribution in [0, 0.1) is 0 Å². The summed E-state index contributed by atoms with van der Waals surface area (Å²) in [5.74, 6) is 3.95. The maximum absolute atomic E-state index is 11.7. The van der Waals surface area contributed by atoms with Crippen molar-refractivity contribution in [3.8, 4) is 28.5 Å². The van der Waals surface area contributed by atoms with Gasteiger partial charge in [0.05, 0.1) is 24.4 Å². The Kier molecular flexibility index (Phi) is 5.45. The molecule has 0 saturated carbocycles. The van der Waals surface area contributed by atoms with E-state index in [9.17, 15) is 4.79 Å². The lowest BCUT2D eigenvalue weighted by molar-refractivity contribution is -0.116. The molecule has 4 heterocycles. The summed E-state index contributed by atoms with van der Waals surface area (Å²) in [6.07, 6.45) is 6.42. The number of carbonyl (C=O) groups is 1. The minimum atomic E-state index is -0.0155. The van der Waals surface area contributed by atoms with Gasteiger partial charge in [0.15, 0.2) is 0 Å². The number of hydrogen-bond donors (Lipinski definition) is 2. The van der Waals surface area contributed by atoms with Gasteiger partial charge in [-0.3, -0.25) is 4.79 Å². The number of nitrogens with zero attached hydrogens (tertiary/aromatic N) is 2. The highest BCUT2D eigenvalue weighted by Crippen LogP contribution is 2.37. The summed E-state index contributed by atoms with van der Waals surface area (Å²) >= 11 is 0. The van der Waals surface area contributed by atoms with Crippen LogP contribution < -0.4 is 14.8 Å². The minimum absolute atomic E-state index is 0.0155. The van der Waals surface area contributed by atoms with E-state index in [1.165, 1.54) is 5.56 Å². The lowest BCUT2D eigenvalue weighted by Gasteiger charge is -2.25. The molecule has 2 aliphatic heterocycles. The van der Waals surface area contributed by atoms with E-state index in [1.54, 1.807) is 6.20 Å². The number of imidazole rings is 1. The molecule has 6 rings (SSSR count). The fourth-order valence-corrected chi connectivity index (χ4v) is 4.74. The second-order valence-corrected chi connectivity index (χ2v) is 9.00. The van der Waals surface area contributed by atoms with Crippen LogP contribution in [-0.2, 0) is 24.1 Å². The van der Waals surface area contributed by atoms with Gasteiger partial charge in [0.1, 0.15) is 28.9 Å². The first-order valence-corrected chi connectivity index (χ1v) is 12.0. The maximum atomic E-state index is 11.7. The van der Waals surface area contributed by atoms with Gasteiger partial charge < -0.3 is 19.8 Å². The van der Waals surface area contributed by atoms with E-state index in [2.05, 4.69) is 51.5 Å². The molecular weight excluding hydrogens is 440 g/mol. The fraction of sp³-hybridized carbons (Fsp3) is 0.250. The topological polar surface area (TPSA) is 89.1 Å². The monoisotopic (exact) mass is 466 g/mol. The van der Waals surface area contributed by atoms with Crippen molar-refractivity contribution in [2.75, 3.05) is 11.9 Å². The number of carbonyl (C=O) groups excluding carboxylic acids is 1. The zero-order valence-electron chi connectivity index (χ0n) is 19.5. The van der Waals surface area contributed by atoms with Gasteiger partial charge in [-0.05, 0) is 66.3 Å². The number of H-pyrrole nitrogens is 1. The number of amides is 1. The van der Waals surface area contributed by atoms with Crippen molar-refractivity contribution in [2.45, 2.75) is 38.5 Å². The Labute approximate surface area is 203 Å². The number of nitrogens with one attached hydrogen (secondary N) is 2. The van der Waals surface area contributed by atoms with E-state index in [4.69, 9.17) is 9.47 Å². The van der Waals surface area contributed by atoms with Crippen molar-refractivity contribution in [3.05, 3.63) is 83.4 Å². The molecule has 0 fully saturated rings. The third-order valence-corrected chi connectivity index (χ3v) is 6.67. The average Bonchev–Trinajstić information content (AvgIpc) is 3.39. The van der Waals surface area contributed by atoms with Gasteiger partial charge in [-0.15, -0.1) is 0 Å². The summed E-state index contributed by atoms with van der Waals surface area (Å²) in [5.41, 5.74) is 5.48. The Morgan fingerprint density at radius 1 is 1.11 bits per heavy atom. The normalized spacial score (nSPS) is 16.6. The molecule has 0 bridgehead atoms. The van der Waals surface area contributed by atoms with Crippen LogP contribution in [0.2, 0.25) is 0 Å². The molecule has 0 radical (unpaired) electrons. The lowest BCUT2D eigenvalue weighted by atomic mass is 9.96. The van der Waals surface area contributed by atoms with Crippen LogP contribution in [0.1, 0.15) is 41.8 Å². The largest absolute Gasteiger partial charge is 0.493 e. The summed E-state index contributed by atoms with van der Waals surface area (Å²) in [6, 6.07) is 16.3. The number of ether oxygens (including phenoxy) is 2. The van der Waals surface area contributed by atoms with Crippen LogP contribution in [0.4, 0.5) is 5.82 Å². The number of anilines is 1. The number of hydrogen-bond acceptors (Lipinski definition) is 5. The van der Waals surface area contributed by atoms with Gasteiger partial charge in [0, 0.05) is 18.2 Å². The van der Waals surface area contributed by atoms with Crippen LogP contribution >= 0.6 is 0 Å². The number of pyridine rings is 1. The van der Waals surface area contributed by atoms with Gasteiger partial charge in [-0.2, -0.15) is 0 Å². The van der Waals surface area contributed by atoms with Crippen molar-refractivity contribution < 1.29 is 14.3 Å². The Morgan fingerprint density at radius 3 is 2.97 bits per heavy atom. The molecule has 0 aliphatic carbocycles. The molecule has 1 atom stereocenters. The Hall–Kier alpha value is -4.13. The van der Waals surface area contributed by atoms with E-state index in [0.717, 1.165) is 52.5 Å². The van der Waals surface area contributed by atoms with Crippen LogP contribution in [0.25, 0.3) is 11.3 Å². The van der Waals surface area contributed by atoms with Gasteiger partial charge in [-0.25, -0.2) is 9.97 Å². The standard InChI is InChI=1S/C28H26N4O3/c1-2-17-4-3-5-18(12-17)23-15-30-27(31-23)20-13-19-14-21(6-8-24(19)34-16-20)35-25-10-11-29-28-22(25)7-9-26(33)32-28/h3-6,8,10-12,14-15,20H,2,7,9,13,16H2,1H3,(H,30,31)(H,29,32,33). The zero-order chi connectivity index (χ0) is 23.8. The third kappa shape index (κ3) is 4.25. The second-order valence-electron chi connectivity index (χ2n) is 9.00. The SMILES string of the molecule is CCc1cccc(-c2cnc(C3COc4ccc(Oc5ccnc6c5CCC(=O)N6)cc4C3)[nH]2)c1. The number of benzene rings is 2. The van der Waals surface area contributed by atoms with Crippen molar-refractivity contribution >= 4 is 11.7 Å². The number of aromatic nitrogens is 3. The number of fused-ring (bicyclic) bond motifs is 2. The van der Waals surface area contributed by atoms with E-state index < -0.39 is 0 Å². The molecule has 1 amide bonds. The summed E-state index contributed by atoms with van der Waals surface area (Å²) in [4.78, 5) is 24.2. The molecule has 2 aromatic heterocycles. The third-order valence-electron chi connectivity index (χ3n) is 6.67. The molecule has 4 aromatic rings. The molecule has 7 heteroatoms. The zero-order valence-corrected chi connectivity index (χ0v) is 19.5. The van der Waals surface area contributed by atoms with Gasteiger partial charge in [-0.1, -0.05) is 25.1 Å². The average molecular weight is 467 g/mol. The molecule has 2 aliphatic rings. The first-order chi connectivity index (χ1) is 17.2. The fourth-order valence-electron chi connectivity index (χ4n) is 4.74. The van der Waals surface area contributed by atoms with E-state index in [1.807, 2.05) is 30.5 Å². The van der Waals surface area contributed by atoms with Crippen molar-refractivity contribution in [1.82, 2.24) is 15.0 Å². The lowest BCUT2D eigenvalue weighted by Crippen LogP contribution is -2.20. The van der Waals surface area contributed by atoms with E-state index in [0.29, 0.717) is 31.0 Å². The highest BCUT2D eigenvalue weighted by atomic mass is 16.5. The van der Waals surface area contributed by atoms with E-state index in [-0.39, 0.29) is 11.8 Å². The predicted molar refractivity (Wildman–Crippen MR) is 133 cm³/mol. The summed E-state index contributed by atoms with van der Waals surface area (Å²) in [6.45, 7) is 2.74. The van der Waals surface area contributed by atoms with Crippen LogP contribution in [0.5, 0.6) is 17.2 Å². The first kappa shape index (κ1) is 21.4. The van der Waals surface area contributed by atoms with Crippen LogP contribution in [0.3, 0.4) is 0 Å². The molecule has 7 nitrogen and oxygen atoms in total. The van der Waals surface area contributed by atoms with Crippen molar-refractivity contribution in [1.29, 1.82) is 0 Å². The molecule has 35 heavy (non-hydrogen) atoms. The quantitative estimate of drug-likeness (QED) is 0.409. The Bertz CT molecular complexity index is 1410. The Balaban J connectivity index is 1.22. The Morgan fingerprint density at radius 2 is 2.06 bits per heavy atom. The summed E-state index contributed by atoms with van der Waals surface area (Å²) in [7, 11) is 0.